The van der Waals surface area contributed by atoms with Gasteiger partial charge in [0.15, 0.2) is 5.78 Å². The van der Waals surface area contributed by atoms with Crippen LogP contribution >= 0.6 is 0 Å². The Morgan fingerprint density at radius 1 is 1.22 bits per heavy atom. The molecule has 1 aliphatic carbocycles. The second-order valence-electron chi connectivity index (χ2n) is 8.54. The third-order valence-corrected chi connectivity index (χ3v) is 5.78. The summed E-state index contributed by atoms with van der Waals surface area (Å²) < 4.78 is 21.7. The molecule has 0 saturated heterocycles. The normalized spacial score (nSPS) is 23.2. The SMILES string of the molecule is COC(=O)[C@H]1C(=O)C2=C(C[C@H]1C)NC(C)=C(C(=O)OCCOC(C)C)[C@@H]2c1ccc(C)o1. The molecule has 2 aliphatic rings. The summed E-state index contributed by atoms with van der Waals surface area (Å²) in [5.41, 5.74) is 1.92. The number of dihydropyridines is 1. The number of hydrogen-bond acceptors (Lipinski definition) is 8. The Labute approximate surface area is 188 Å². The highest BCUT2D eigenvalue weighted by atomic mass is 16.6. The van der Waals surface area contributed by atoms with Crippen molar-refractivity contribution >= 4 is 17.7 Å². The third-order valence-electron chi connectivity index (χ3n) is 5.78. The number of methoxy groups -OCH3 is 1. The molecular weight excluding hydrogens is 414 g/mol. The van der Waals surface area contributed by atoms with E-state index >= 15 is 0 Å². The van der Waals surface area contributed by atoms with Crippen LogP contribution in [0.25, 0.3) is 0 Å². The first-order valence-corrected chi connectivity index (χ1v) is 10.8. The van der Waals surface area contributed by atoms with Gasteiger partial charge < -0.3 is 23.9 Å². The van der Waals surface area contributed by atoms with Gasteiger partial charge >= 0.3 is 11.9 Å². The van der Waals surface area contributed by atoms with Crippen LogP contribution < -0.4 is 5.32 Å². The van der Waals surface area contributed by atoms with E-state index in [1.807, 2.05) is 20.8 Å². The molecule has 0 unspecified atom stereocenters. The Kier molecular flexibility index (Phi) is 7.23. The molecule has 174 valence electrons. The lowest BCUT2D eigenvalue weighted by atomic mass is 9.70. The van der Waals surface area contributed by atoms with Gasteiger partial charge in [-0.05, 0) is 52.2 Å². The van der Waals surface area contributed by atoms with Crippen molar-refractivity contribution in [1.29, 1.82) is 0 Å². The molecule has 1 aromatic heterocycles. The van der Waals surface area contributed by atoms with Crippen LogP contribution in [0.3, 0.4) is 0 Å². The van der Waals surface area contributed by atoms with Gasteiger partial charge in [-0.2, -0.15) is 0 Å². The Hall–Kier alpha value is -2.87. The van der Waals surface area contributed by atoms with Gasteiger partial charge in [-0.15, -0.1) is 0 Å². The molecule has 8 heteroatoms. The van der Waals surface area contributed by atoms with Crippen molar-refractivity contribution < 1.29 is 33.0 Å². The summed E-state index contributed by atoms with van der Waals surface area (Å²) >= 11 is 0. The molecule has 1 aromatic rings. The third kappa shape index (κ3) is 4.65. The Morgan fingerprint density at radius 3 is 2.53 bits per heavy atom. The van der Waals surface area contributed by atoms with E-state index in [1.165, 1.54) is 7.11 Å². The van der Waals surface area contributed by atoms with Gasteiger partial charge in [0, 0.05) is 17.0 Å². The molecule has 0 radical (unpaired) electrons. The lowest BCUT2D eigenvalue weighted by Gasteiger charge is -2.37. The monoisotopic (exact) mass is 445 g/mol. The minimum Gasteiger partial charge on any atom is -0.468 e. The van der Waals surface area contributed by atoms with Gasteiger partial charge in [-0.1, -0.05) is 6.92 Å². The van der Waals surface area contributed by atoms with Crippen LogP contribution in [0.5, 0.6) is 0 Å². The summed E-state index contributed by atoms with van der Waals surface area (Å²) in [5, 5.41) is 3.22. The zero-order valence-electron chi connectivity index (χ0n) is 19.4. The summed E-state index contributed by atoms with van der Waals surface area (Å²) in [7, 11) is 1.27. The van der Waals surface area contributed by atoms with E-state index in [0.29, 0.717) is 34.9 Å². The second-order valence-corrected chi connectivity index (χ2v) is 8.54. The van der Waals surface area contributed by atoms with Gasteiger partial charge in [0.25, 0.3) is 0 Å². The van der Waals surface area contributed by atoms with E-state index in [0.717, 1.165) is 0 Å². The van der Waals surface area contributed by atoms with Gasteiger partial charge in [-0.25, -0.2) is 4.79 Å². The van der Waals surface area contributed by atoms with E-state index < -0.39 is 23.8 Å². The highest BCUT2D eigenvalue weighted by Gasteiger charge is 2.48. The number of ether oxygens (including phenoxy) is 3. The van der Waals surface area contributed by atoms with Crippen LogP contribution in [0, 0.1) is 18.8 Å². The smallest absolute Gasteiger partial charge is 0.336 e. The van der Waals surface area contributed by atoms with Crippen molar-refractivity contribution in [2.75, 3.05) is 20.3 Å². The highest BCUT2D eigenvalue weighted by molar-refractivity contribution is 6.12. The number of nitrogens with one attached hydrogen (secondary N) is 1. The molecule has 0 aromatic carbocycles. The predicted molar refractivity (Wildman–Crippen MR) is 115 cm³/mol. The number of carbonyl (C=O) groups excluding carboxylic acids is 3. The lowest BCUT2D eigenvalue weighted by molar-refractivity contribution is -0.151. The fourth-order valence-electron chi connectivity index (χ4n) is 4.34. The maximum Gasteiger partial charge on any atom is 0.336 e. The van der Waals surface area contributed by atoms with Crippen molar-refractivity contribution in [2.45, 2.75) is 53.1 Å². The summed E-state index contributed by atoms with van der Waals surface area (Å²) in [4.78, 5) is 39.0. The maximum absolute atomic E-state index is 13.5. The van der Waals surface area contributed by atoms with Crippen molar-refractivity contribution in [3.63, 3.8) is 0 Å². The topological polar surface area (TPSA) is 104 Å². The van der Waals surface area contributed by atoms with Crippen LogP contribution in [0.15, 0.2) is 39.1 Å². The molecule has 8 nitrogen and oxygen atoms in total. The molecule has 32 heavy (non-hydrogen) atoms. The quantitative estimate of drug-likeness (QED) is 0.388. The fraction of sp³-hybridized carbons (Fsp3) is 0.542. The molecule has 3 rings (SSSR count). The van der Waals surface area contributed by atoms with E-state index in [1.54, 1.807) is 26.0 Å². The molecule has 1 N–H and O–H groups in total. The molecule has 2 heterocycles. The molecular formula is C24H31NO7. The zero-order chi connectivity index (χ0) is 23.6. The average molecular weight is 446 g/mol. The molecule has 3 atom stereocenters. The van der Waals surface area contributed by atoms with Gasteiger partial charge in [0.2, 0.25) is 0 Å². The van der Waals surface area contributed by atoms with Crippen molar-refractivity contribution in [3.05, 3.63) is 46.2 Å². The zero-order valence-corrected chi connectivity index (χ0v) is 19.4. The number of furan rings is 1. The average Bonchev–Trinajstić information content (AvgIpc) is 3.15. The van der Waals surface area contributed by atoms with E-state index in [9.17, 15) is 14.4 Å². The standard InChI is InChI=1S/C24H31NO7/c1-12(2)30-9-10-31-24(28)19-15(5)25-16-11-13(3)18(23(27)29-6)22(26)20(16)21(19)17-8-7-14(4)32-17/h7-8,12-13,18,21,25H,9-11H2,1-6H3/t13-,18-,21+/m1/s1. The number of rotatable bonds is 7. The van der Waals surface area contributed by atoms with Crippen molar-refractivity contribution in [1.82, 2.24) is 5.32 Å². The largest absolute Gasteiger partial charge is 0.468 e. The molecule has 1 aliphatic heterocycles. The van der Waals surface area contributed by atoms with Crippen LogP contribution in [0.4, 0.5) is 0 Å². The van der Waals surface area contributed by atoms with E-state index in [4.69, 9.17) is 18.6 Å². The molecule has 0 amide bonds. The van der Waals surface area contributed by atoms with Crippen molar-refractivity contribution in [3.8, 4) is 0 Å². The number of esters is 2. The number of Topliss-reactive ketones (excluding diaryl/α,β-unsaturated/α-hetero) is 1. The number of allylic oxidation sites excluding steroid dienone is 3. The van der Waals surface area contributed by atoms with Crippen LogP contribution in [0.2, 0.25) is 0 Å². The summed E-state index contributed by atoms with van der Waals surface area (Å²) in [6.07, 6.45) is 0.494. The molecule has 0 bridgehead atoms. The van der Waals surface area contributed by atoms with Crippen molar-refractivity contribution in [2.24, 2.45) is 11.8 Å². The van der Waals surface area contributed by atoms with Gasteiger partial charge in [0.1, 0.15) is 24.0 Å². The van der Waals surface area contributed by atoms with Gasteiger partial charge in [0.05, 0.1) is 31.3 Å². The van der Waals surface area contributed by atoms with Crippen LogP contribution in [-0.2, 0) is 28.6 Å². The fourth-order valence-corrected chi connectivity index (χ4v) is 4.34. The molecule has 0 saturated carbocycles. The number of carbonyl (C=O) groups is 3. The Balaban J connectivity index is 2.00. The van der Waals surface area contributed by atoms with Gasteiger partial charge in [-0.3, -0.25) is 9.59 Å². The minimum absolute atomic E-state index is 0.0228. The first kappa shape index (κ1) is 23.8. The first-order chi connectivity index (χ1) is 15.1. The summed E-state index contributed by atoms with van der Waals surface area (Å²) in [6, 6.07) is 3.52. The predicted octanol–water partition coefficient (Wildman–Crippen LogP) is 3.17. The lowest BCUT2D eigenvalue weighted by Crippen LogP contribution is -2.43. The first-order valence-electron chi connectivity index (χ1n) is 10.8. The Morgan fingerprint density at radius 2 is 1.94 bits per heavy atom. The number of aryl methyl sites for hydroxylation is 1. The maximum atomic E-state index is 13.5. The summed E-state index contributed by atoms with van der Waals surface area (Å²) in [6.45, 7) is 9.55. The van der Waals surface area contributed by atoms with Crippen LogP contribution in [-0.4, -0.2) is 44.1 Å². The highest BCUT2D eigenvalue weighted by Crippen LogP contribution is 2.45. The summed E-state index contributed by atoms with van der Waals surface area (Å²) in [5.74, 6) is -2.35. The second kappa shape index (κ2) is 9.73. The molecule has 0 fully saturated rings. The van der Waals surface area contributed by atoms with E-state index in [2.05, 4.69) is 5.32 Å². The van der Waals surface area contributed by atoms with E-state index in [-0.39, 0.29) is 36.6 Å². The molecule has 0 spiro atoms. The minimum atomic E-state index is -0.936. The number of ketones is 1. The Bertz CT molecular complexity index is 969. The van der Waals surface area contributed by atoms with Crippen LogP contribution in [0.1, 0.15) is 51.6 Å². The number of hydrogen-bond donors (Lipinski definition) is 1.